The second-order valence-corrected chi connectivity index (χ2v) is 9.77. The molecule has 0 atom stereocenters. The summed E-state index contributed by atoms with van der Waals surface area (Å²) < 4.78 is 38.0. The number of ether oxygens (including phenoxy) is 1. The van der Waals surface area contributed by atoms with Crippen molar-refractivity contribution < 1.29 is 17.6 Å². The zero-order valence-electron chi connectivity index (χ0n) is 17.9. The predicted molar refractivity (Wildman–Crippen MR) is 119 cm³/mol. The van der Waals surface area contributed by atoms with Gasteiger partial charge in [-0.3, -0.25) is 4.90 Å². The lowest BCUT2D eigenvalue weighted by atomic mass is 10.0. The summed E-state index contributed by atoms with van der Waals surface area (Å²) in [5.41, 5.74) is 3.21. The van der Waals surface area contributed by atoms with Gasteiger partial charge in [-0.2, -0.15) is 4.31 Å². The van der Waals surface area contributed by atoms with Crippen molar-refractivity contribution in [3.05, 3.63) is 69.6 Å². The van der Waals surface area contributed by atoms with E-state index < -0.39 is 10.0 Å². The van der Waals surface area contributed by atoms with Crippen molar-refractivity contribution in [1.82, 2.24) is 9.21 Å². The minimum absolute atomic E-state index is 0.263. The van der Waals surface area contributed by atoms with Crippen LogP contribution >= 0.6 is 0 Å². The molecule has 1 aliphatic rings. The molecule has 1 aromatic heterocycles. The molecule has 7 nitrogen and oxygen atoms in total. The van der Waals surface area contributed by atoms with Crippen LogP contribution in [-0.4, -0.2) is 50.9 Å². The van der Waals surface area contributed by atoms with E-state index >= 15 is 0 Å². The molecule has 0 aliphatic carbocycles. The summed E-state index contributed by atoms with van der Waals surface area (Å²) in [5, 5.41) is 0.927. The Kier molecular flexibility index (Phi) is 5.88. The van der Waals surface area contributed by atoms with Gasteiger partial charge in [0.2, 0.25) is 10.0 Å². The Hall–Kier alpha value is -2.68. The molecule has 0 bridgehead atoms. The van der Waals surface area contributed by atoms with E-state index in [1.165, 1.54) is 10.4 Å². The highest BCUT2D eigenvalue weighted by molar-refractivity contribution is 7.89. The van der Waals surface area contributed by atoms with Crippen LogP contribution in [0.15, 0.2) is 56.6 Å². The van der Waals surface area contributed by atoms with E-state index in [-0.39, 0.29) is 10.5 Å². The van der Waals surface area contributed by atoms with Crippen molar-refractivity contribution in [2.75, 3.05) is 33.3 Å². The number of nitrogens with zero attached hydrogens (tertiary/aromatic N) is 2. The van der Waals surface area contributed by atoms with Crippen LogP contribution in [0.5, 0.6) is 5.75 Å². The summed E-state index contributed by atoms with van der Waals surface area (Å²) >= 11 is 0. The van der Waals surface area contributed by atoms with Gasteiger partial charge in [0.1, 0.15) is 11.3 Å². The van der Waals surface area contributed by atoms with E-state index in [2.05, 4.69) is 4.90 Å². The van der Waals surface area contributed by atoms with Gasteiger partial charge in [-0.05, 0) is 54.8 Å². The van der Waals surface area contributed by atoms with E-state index in [1.807, 2.05) is 26.0 Å². The molecule has 0 spiro atoms. The monoisotopic (exact) mass is 442 g/mol. The molecular weight excluding hydrogens is 416 g/mol. The molecule has 164 valence electrons. The first-order valence-corrected chi connectivity index (χ1v) is 11.6. The van der Waals surface area contributed by atoms with E-state index in [4.69, 9.17) is 9.15 Å². The first kappa shape index (κ1) is 21.5. The molecule has 1 aliphatic heterocycles. The number of benzene rings is 2. The summed E-state index contributed by atoms with van der Waals surface area (Å²) in [6, 6.07) is 12.0. The summed E-state index contributed by atoms with van der Waals surface area (Å²) in [7, 11) is -2.00. The molecule has 0 saturated carbocycles. The van der Waals surface area contributed by atoms with Crippen molar-refractivity contribution in [1.29, 1.82) is 0 Å². The van der Waals surface area contributed by atoms with Crippen molar-refractivity contribution in [3.8, 4) is 5.75 Å². The summed E-state index contributed by atoms with van der Waals surface area (Å²) in [6.45, 7) is 6.47. The molecule has 1 saturated heterocycles. The summed E-state index contributed by atoms with van der Waals surface area (Å²) in [6.07, 6.45) is 0. The van der Waals surface area contributed by atoms with Gasteiger partial charge in [-0.25, -0.2) is 13.2 Å². The minimum atomic E-state index is -3.55. The van der Waals surface area contributed by atoms with Crippen molar-refractivity contribution in [3.63, 3.8) is 0 Å². The molecule has 2 aromatic carbocycles. The standard InChI is InChI=1S/C23H26N2O5S/c1-16-4-9-21-18(14-22(26)30-23(21)17(16)2)15-24-10-12-25(13-11-24)31(27,28)20-7-5-19(29-3)6-8-20/h4-9,14H,10-13,15H2,1-3H3. The van der Waals surface area contributed by atoms with Crippen LogP contribution in [0.25, 0.3) is 11.0 Å². The first-order chi connectivity index (χ1) is 14.8. The van der Waals surface area contributed by atoms with Crippen LogP contribution in [0.3, 0.4) is 0 Å². The van der Waals surface area contributed by atoms with Crippen molar-refractivity contribution in [2.24, 2.45) is 0 Å². The van der Waals surface area contributed by atoms with Gasteiger partial charge in [0.05, 0.1) is 12.0 Å². The Morgan fingerprint density at radius 2 is 1.68 bits per heavy atom. The van der Waals surface area contributed by atoms with Crippen molar-refractivity contribution >= 4 is 21.0 Å². The molecule has 3 aromatic rings. The molecule has 0 N–H and O–H groups in total. The SMILES string of the molecule is COc1ccc(S(=O)(=O)N2CCN(Cc3cc(=O)oc4c(C)c(C)ccc34)CC2)cc1. The Bertz CT molecular complexity index is 1260. The Balaban J connectivity index is 1.50. The second-order valence-electron chi connectivity index (χ2n) is 7.83. The van der Waals surface area contributed by atoms with Gasteiger partial charge < -0.3 is 9.15 Å². The molecule has 8 heteroatoms. The maximum absolute atomic E-state index is 13.0. The third kappa shape index (κ3) is 4.23. The molecule has 31 heavy (non-hydrogen) atoms. The number of hydrogen-bond acceptors (Lipinski definition) is 6. The lowest BCUT2D eigenvalue weighted by molar-refractivity contribution is 0.182. The number of methoxy groups -OCH3 is 1. The maximum Gasteiger partial charge on any atom is 0.336 e. The molecular formula is C23H26N2O5S. The van der Waals surface area contributed by atoms with Gasteiger partial charge in [0, 0.05) is 44.2 Å². The number of piperazine rings is 1. The largest absolute Gasteiger partial charge is 0.497 e. The highest BCUT2D eigenvalue weighted by Gasteiger charge is 2.28. The van der Waals surface area contributed by atoms with Gasteiger partial charge >= 0.3 is 5.63 Å². The lowest BCUT2D eigenvalue weighted by Gasteiger charge is -2.34. The summed E-state index contributed by atoms with van der Waals surface area (Å²) in [4.78, 5) is 14.5. The fourth-order valence-corrected chi connectivity index (χ4v) is 5.34. The zero-order valence-corrected chi connectivity index (χ0v) is 18.7. The predicted octanol–water partition coefficient (Wildman–Crippen LogP) is 2.92. The zero-order chi connectivity index (χ0) is 22.2. The van der Waals surface area contributed by atoms with Gasteiger partial charge in [0.15, 0.2) is 0 Å². The third-order valence-electron chi connectivity index (χ3n) is 5.94. The number of sulfonamides is 1. The number of rotatable bonds is 5. The molecule has 0 unspecified atom stereocenters. The Morgan fingerprint density at radius 3 is 2.32 bits per heavy atom. The maximum atomic E-state index is 13.0. The molecule has 0 radical (unpaired) electrons. The lowest BCUT2D eigenvalue weighted by Crippen LogP contribution is -2.48. The average molecular weight is 443 g/mol. The van der Waals surface area contributed by atoms with Gasteiger partial charge in [0.25, 0.3) is 0 Å². The van der Waals surface area contributed by atoms with Crippen LogP contribution in [-0.2, 0) is 16.6 Å². The minimum Gasteiger partial charge on any atom is -0.497 e. The van der Waals surface area contributed by atoms with E-state index in [0.717, 1.165) is 22.1 Å². The van der Waals surface area contributed by atoms with Crippen molar-refractivity contribution in [2.45, 2.75) is 25.3 Å². The normalized spacial score (nSPS) is 16.0. The molecule has 1 fully saturated rings. The smallest absolute Gasteiger partial charge is 0.336 e. The Morgan fingerprint density at radius 1 is 1.00 bits per heavy atom. The third-order valence-corrected chi connectivity index (χ3v) is 7.85. The van der Waals surface area contributed by atoms with Crippen LogP contribution in [0.4, 0.5) is 0 Å². The highest BCUT2D eigenvalue weighted by Crippen LogP contribution is 2.25. The number of aryl methyl sites for hydroxylation is 2. The number of fused-ring (bicyclic) bond motifs is 1. The van der Waals surface area contributed by atoms with Crippen LogP contribution in [0.1, 0.15) is 16.7 Å². The van der Waals surface area contributed by atoms with Crippen LogP contribution < -0.4 is 10.4 Å². The Labute approximate surface area is 181 Å². The van der Waals surface area contributed by atoms with E-state index in [1.54, 1.807) is 31.4 Å². The fourth-order valence-electron chi connectivity index (χ4n) is 3.92. The molecule has 4 rings (SSSR count). The molecule has 0 amide bonds. The average Bonchev–Trinajstić information content (AvgIpc) is 2.77. The summed E-state index contributed by atoms with van der Waals surface area (Å²) in [5.74, 6) is 0.619. The van der Waals surface area contributed by atoms with E-state index in [9.17, 15) is 13.2 Å². The number of hydrogen-bond donors (Lipinski definition) is 0. The van der Waals surface area contributed by atoms with Crippen LogP contribution in [0.2, 0.25) is 0 Å². The highest BCUT2D eigenvalue weighted by atomic mass is 32.2. The first-order valence-electron chi connectivity index (χ1n) is 10.2. The van der Waals surface area contributed by atoms with Gasteiger partial charge in [-0.15, -0.1) is 0 Å². The quantitative estimate of drug-likeness (QED) is 0.566. The second kappa shape index (κ2) is 8.45. The molecule has 2 heterocycles. The van der Waals surface area contributed by atoms with E-state index in [0.29, 0.717) is 44.1 Å². The fraction of sp³-hybridized carbons (Fsp3) is 0.348. The van der Waals surface area contributed by atoms with Crippen LogP contribution in [0, 0.1) is 13.8 Å². The van der Waals surface area contributed by atoms with Gasteiger partial charge in [-0.1, -0.05) is 12.1 Å². The topological polar surface area (TPSA) is 80.1 Å².